The fourth-order valence-electron chi connectivity index (χ4n) is 3.05. The van der Waals surface area contributed by atoms with E-state index in [9.17, 15) is 28.1 Å². The van der Waals surface area contributed by atoms with Gasteiger partial charge in [0.15, 0.2) is 0 Å². The number of ether oxygens (including phenoxy) is 1. The molecule has 0 aliphatic carbocycles. The maximum Gasteiger partial charge on any atom is 0.416 e. The van der Waals surface area contributed by atoms with Crippen molar-refractivity contribution >= 4 is 24.0 Å². The van der Waals surface area contributed by atoms with Crippen LogP contribution in [0.4, 0.5) is 18.9 Å². The van der Waals surface area contributed by atoms with Crippen LogP contribution >= 0.6 is 12.4 Å². The summed E-state index contributed by atoms with van der Waals surface area (Å²) in [6, 6.07) is 1.88. The van der Waals surface area contributed by atoms with Crippen molar-refractivity contribution < 1.29 is 27.6 Å². The first-order chi connectivity index (χ1) is 12.2. The third-order valence-corrected chi connectivity index (χ3v) is 4.51. The Kier molecular flexibility index (Phi) is 8.00. The van der Waals surface area contributed by atoms with Crippen LogP contribution in [-0.4, -0.2) is 44.2 Å². The minimum atomic E-state index is -4.72. The molecular weight excluding hydrogens is 391 g/mol. The molecule has 2 N–H and O–H groups in total. The fourth-order valence-corrected chi connectivity index (χ4v) is 3.05. The lowest BCUT2D eigenvalue weighted by atomic mass is 9.79. The summed E-state index contributed by atoms with van der Waals surface area (Å²) in [4.78, 5) is 22.5. The van der Waals surface area contributed by atoms with Crippen molar-refractivity contribution in [3.05, 3.63) is 39.4 Å². The molecule has 0 bridgehead atoms. The largest absolute Gasteiger partial charge is 0.416 e. The summed E-state index contributed by atoms with van der Waals surface area (Å²) in [7, 11) is 1.55. The molecular formula is C16H21ClF3N3O4. The molecule has 152 valence electrons. The molecule has 7 nitrogen and oxygen atoms in total. The second kappa shape index (κ2) is 9.34. The van der Waals surface area contributed by atoms with Crippen molar-refractivity contribution in [1.29, 1.82) is 0 Å². The van der Waals surface area contributed by atoms with Gasteiger partial charge >= 0.3 is 6.18 Å². The van der Waals surface area contributed by atoms with Crippen molar-refractivity contribution in [2.24, 2.45) is 5.41 Å². The molecule has 27 heavy (non-hydrogen) atoms. The zero-order valence-electron chi connectivity index (χ0n) is 14.6. The first-order valence-corrected chi connectivity index (χ1v) is 8.02. The highest BCUT2D eigenvalue weighted by Crippen LogP contribution is 2.33. The maximum atomic E-state index is 12.7. The molecule has 1 aromatic carbocycles. The molecule has 0 aromatic heterocycles. The number of hydrogen-bond acceptors (Lipinski definition) is 5. The van der Waals surface area contributed by atoms with Gasteiger partial charge in [-0.3, -0.25) is 14.9 Å². The summed E-state index contributed by atoms with van der Waals surface area (Å²) in [6.07, 6.45) is -3.23. The highest BCUT2D eigenvalue weighted by Gasteiger charge is 2.35. The van der Waals surface area contributed by atoms with Gasteiger partial charge in [0.2, 0.25) is 0 Å². The van der Waals surface area contributed by atoms with E-state index < -0.39 is 33.8 Å². The number of benzene rings is 1. The Balaban J connectivity index is 0.00000364. The number of amides is 1. The average molecular weight is 412 g/mol. The van der Waals surface area contributed by atoms with E-state index in [1.807, 2.05) is 0 Å². The van der Waals surface area contributed by atoms with Crippen LogP contribution in [0.5, 0.6) is 0 Å². The number of methoxy groups -OCH3 is 1. The van der Waals surface area contributed by atoms with E-state index in [4.69, 9.17) is 4.74 Å². The van der Waals surface area contributed by atoms with E-state index in [1.54, 1.807) is 7.11 Å². The molecule has 0 radical (unpaired) electrons. The number of nitrogens with zero attached hydrogens (tertiary/aromatic N) is 1. The zero-order chi connectivity index (χ0) is 19.4. The van der Waals surface area contributed by atoms with Crippen molar-refractivity contribution in [3.8, 4) is 0 Å². The third kappa shape index (κ3) is 5.78. The number of hydrogen-bond donors (Lipinski definition) is 2. The lowest BCUT2D eigenvalue weighted by Crippen LogP contribution is -2.47. The molecule has 0 unspecified atom stereocenters. The Morgan fingerprint density at radius 2 is 2.00 bits per heavy atom. The van der Waals surface area contributed by atoms with Gasteiger partial charge in [0.25, 0.3) is 11.6 Å². The van der Waals surface area contributed by atoms with Crippen molar-refractivity contribution in [2.75, 3.05) is 33.4 Å². The van der Waals surface area contributed by atoms with E-state index in [-0.39, 0.29) is 24.4 Å². The maximum absolute atomic E-state index is 12.7. The van der Waals surface area contributed by atoms with Gasteiger partial charge in [-0.25, -0.2) is 0 Å². The van der Waals surface area contributed by atoms with Crippen molar-refractivity contribution in [3.63, 3.8) is 0 Å². The number of nitro benzene ring substituents is 1. The van der Waals surface area contributed by atoms with E-state index in [2.05, 4.69) is 10.6 Å². The first-order valence-electron chi connectivity index (χ1n) is 8.02. The highest BCUT2D eigenvalue weighted by atomic mass is 35.5. The number of nitrogens with one attached hydrogen (secondary N) is 2. The molecule has 1 aliphatic heterocycles. The Morgan fingerprint density at radius 1 is 1.37 bits per heavy atom. The quantitative estimate of drug-likeness (QED) is 0.554. The molecule has 1 saturated heterocycles. The van der Waals surface area contributed by atoms with E-state index in [0.717, 1.165) is 32.0 Å². The molecule has 11 heteroatoms. The first kappa shape index (κ1) is 23.1. The topological polar surface area (TPSA) is 93.5 Å². The summed E-state index contributed by atoms with van der Waals surface area (Å²) >= 11 is 0. The summed E-state index contributed by atoms with van der Waals surface area (Å²) < 4.78 is 43.5. The van der Waals surface area contributed by atoms with Crippen LogP contribution < -0.4 is 10.6 Å². The second-order valence-electron chi connectivity index (χ2n) is 6.35. The summed E-state index contributed by atoms with van der Waals surface area (Å²) in [5.74, 6) is -0.778. The SMILES string of the molecule is COCC1(CNC(=O)c2ccc(C(F)(F)F)cc2[N+](=O)[O-])CCNCC1.Cl. The number of carbonyl (C=O) groups is 1. The fraction of sp³-hybridized carbons (Fsp3) is 0.562. The molecule has 1 heterocycles. The zero-order valence-corrected chi connectivity index (χ0v) is 15.4. The van der Waals surface area contributed by atoms with Gasteiger partial charge in [-0.15, -0.1) is 12.4 Å². The van der Waals surface area contributed by atoms with Gasteiger partial charge in [0.1, 0.15) is 5.56 Å². The van der Waals surface area contributed by atoms with Gasteiger partial charge in [0, 0.05) is 25.1 Å². The molecule has 1 aliphatic rings. The number of nitro groups is 1. The predicted octanol–water partition coefficient (Wildman–Crippen LogP) is 2.78. The number of piperidine rings is 1. The van der Waals surface area contributed by atoms with Gasteiger partial charge in [-0.1, -0.05) is 0 Å². The van der Waals surface area contributed by atoms with Gasteiger partial charge in [0.05, 0.1) is 17.1 Å². The van der Waals surface area contributed by atoms with Gasteiger partial charge in [-0.05, 0) is 38.1 Å². The van der Waals surface area contributed by atoms with Crippen molar-refractivity contribution in [2.45, 2.75) is 19.0 Å². The number of carbonyl (C=O) groups excluding carboxylic acids is 1. The highest BCUT2D eigenvalue weighted by molar-refractivity contribution is 5.98. The molecule has 2 rings (SSSR count). The monoisotopic (exact) mass is 411 g/mol. The average Bonchev–Trinajstić information content (AvgIpc) is 2.59. The summed E-state index contributed by atoms with van der Waals surface area (Å²) in [5.41, 5.74) is -2.75. The smallest absolute Gasteiger partial charge is 0.384 e. The molecule has 0 atom stereocenters. The van der Waals surface area contributed by atoms with E-state index in [0.29, 0.717) is 18.7 Å². The van der Waals surface area contributed by atoms with Crippen molar-refractivity contribution in [1.82, 2.24) is 10.6 Å². The molecule has 1 amide bonds. The van der Waals surface area contributed by atoms with Crippen LogP contribution in [0.1, 0.15) is 28.8 Å². The molecule has 0 spiro atoms. The number of rotatable bonds is 6. The van der Waals surface area contributed by atoms with Crippen LogP contribution in [0, 0.1) is 15.5 Å². The van der Waals surface area contributed by atoms with E-state index in [1.165, 1.54) is 0 Å². The van der Waals surface area contributed by atoms with Gasteiger partial charge in [-0.2, -0.15) is 13.2 Å². The van der Waals surface area contributed by atoms with Crippen LogP contribution in [0.3, 0.4) is 0 Å². The second-order valence-corrected chi connectivity index (χ2v) is 6.35. The molecule has 0 saturated carbocycles. The van der Waals surface area contributed by atoms with Crippen LogP contribution in [-0.2, 0) is 10.9 Å². The lowest BCUT2D eigenvalue weighted by molar-refractivity contribution is -0.385. The Morgan fingerprint density at radius 3 is 2.52 bits per heavy atom. The molecule has 1 aromatic rings. The minimum Gasteiger partial charge on any atom is -0.384 e. The Labute approximate surface area is 160 Å². The van der Waals surface area contributed by atoms with Crippen LogP contribution in [0.2, 0.25) is 0 Å². The Bertz CT molecular complexity index is 674. The molecule has 1 fully saturated rings. The standard InChI is InChI=1S/C16H20F3N3O4.ClH/c1-26-10-15(4-6-20-7-5-15)9-21-14(23)12-3-2-11(16(17,18)19)8-13(12)22(24)25;/h2-3,8,20H,4-7,9-10H2,1H3,(H,21,23);1H. The van der Waals surface area contributed by atoms with Gasteiger partial charge < -0.3 is 15.4 Å². The minimum absolute atomic E-state index is 0. The normalized spacial score (nSPS) is 16.3. The lowest BCUT2D eigenvalue weighted by Gasteiger charge is -2.37. The van der Waals surface area contributed by atoms with Crippen LogP contribution in [0.25, 0.3) is 0 Å². The predicted molar refractivity (Wildman–Crippen MR) is 94.1 cm³/mol. The summed E-state index contributed by atoms with van der Waals surface area (Å²) in [6.45, 7) is 2.13. The Hall–Kier alpha value is -1.91. The third-order valence-electron chi connectivity index (χ3n) is 4.51. The number of alkyl halides is 3. The van der Waals surface area contributed by atoms with E-state index >= 15 is 0 Å². The number of halogens is 4. The summed E-state index contributed by atoms with van der Waals surface area (Å²) in [5, 5.41) is 16.9. The van der Waals surface area contributed by atoms with Crippen LogP contribution in [0.15, 0.2) is 18.2 Å².